The van der Waals surface area contributed by atoms with Crippen molar-refractivity contribution in [2.45, 2.75) is 697 Å². The molecule has 12 nitrogen and oxygen atoms in total. The predicted octanol–water partition coefficient (Wildman–Crippen LogP) is 39.4. The highest BCUT2D eigenvalue weighted by Gasteiger charge is 2.19. The first-order valence-corrected chi connectivity index (χ1v) is 62.0. The largest absolute Gasteiger partial charge is 0.481 e. The quantitative estimate of drug-likeness (QED) is 0.0196. The highest BCUT2D eigenvalue weighted by molar-refractivity contribution is 9.09. The van der Waals surface area contributed by atoms with Gasteiger partial charge in [0.15, 0.2) is 0 Å². The van der Waals surface area contributed by atoms with E-state index in [0.29, 0.717) is 32.3 Å². The number of aliphatic hydroxyl groups is 3. The van der Waals surface area contributed by atoms with Crippen molar-refractivity contribution in [3.05, 3.63) is 0 Å². The molecule has 0 aliphatic heterocycles. The maximum absolute atomic E-state index is 12.7. The molecule has 800 valence electrons. The Morgan fingerprint density at radius 3 is 0.579 bits per heavy atom. The maximum Gasteiger partial charge on any atom is 0.306 e. The second-order valence-electron chi connectivity index (χ2n) is 40.5. The minimum atomic E-state index is -0.675. The molecule has 0 saturated heterocycles. The zero-order chi connectivity index (χ0) is 98.4. The molecule has 0 fully saturated rings. The second-order valence-corrected chi connectivity index (χ2v) is 42.1. The molecule has 0 bridgehead atoms. The minimum Gasteiger partial charge on any atom is -0.481 e. The fourth-order valence-corrected chi connectivity index (χ4v) is 18.7. The molecule has 0 aromatic heterocycles. The number of carboxylic acids is 1. The maximum atomic E-state index is 12.7. The summed E-state index contributed by atoms with van der Waals surface area (Å²) >= 11 is 6.82. The van der Waals surface area contributed by atoms with Gasteiger partial charge in [0.25, 0.3) is 0 Å². The number of esters is 3. The van der Waals surface area contributed by atoms with Crippen LogP contribution in [0.5, 0.6) is 0 Å². The van der Waals surface area contributed by atoms with E-state index < -0.39 is 5.97 Å². The third kappa shape index (κ3) is 131. The summed E-state index contributed by atoms with van der Waals surface area (Å²) in [6.45, 7) is 24.0. The molecule has 0 aliphatic rings. The van der Waals surface area contributed by atoms with Crippen molar-refractivity contribution in [3.8, 4) is 0 Å². The van der Waals surface area contributed by atoms with Crippen LogP contribution in [-0.4, -0.2) is 117 Å². The molecule has 14 heteroatoms. The SMILES string of the molecule is CCCCCCCCC(CCCCCCCC)OC(=O)CCCCCCCBr.CCCCCCCCC(CCCCCCCC)OC(=O)CCCCCCCCCCO.CCCCCCCCC(O)CCCCCCCC.CCCCCCCCCCCCCCN(CCO)CCCCCCCC(=O)OC(CCCCCCCC)CCCCCCCC.O=C(O)CCCCCCCBr. The van der Waals surface area contributed by atoms with Crippen molar-refractivity contribution in [2.75, 3.05) is 43.5 Å². The number of nitrogens with zero attached hydrogens (tertiary/aromatic N) is 1. The number of rotatable bonds is 106. The van der Waals surface area contributed by atoms with Gasteiger partial charge in [0.05, 0.1) is 12.7 Å². The molecular formula is C119H239Br2NO11. The Hall–Kier alpha value is -1.32. The molecule has 4 N–H and O–H groups in total. The molecule has 0 aliphatic carbocycles. The standard InChI is InChI=1S/C41H83NO3.C28H56O3.C25H49BrO2.C17H36O.C8H15BrO2/c1-4-7-10-13-16-17-18-19-20-21-26-31-36-42(38-39-43)37-32-27-22-25-30-35-41(44)45-40(33-28-23-14-11-8-5-2)34-29-24-15-12-9-6-3;1-3-5-7-9-15-19-23-27(24-20-16-10-8-6-4-2)31-28(30)25-21-17-13-11-12-14-18-22-26-29;1-3-5-7-9-12-16-20-24(21-17-13-10-8-6-4-2)28-25(27)22-18-14-11-15-19-23-26;1-3-5-7-9-11-13-15-17(18)16-14-12-10-8-6-4-2;9-7-5-3-1-2-4-6-8(10)11/h40,43H,4-39H2,1-3H3;27,29H,3-26H2,1-2H3;24H,3-23H2,1-2H3;17-18H,3-16H2,1-2H3;1-7H2,(H,10,11). The summed E-state index contributed by atoms with van der Waals surface area (Å²) in [5, 5.41) is 38.6. The van der Waals surface area contributed by atoms with E-state index in [-0.39, 0.29) is 48.9 Å². The van der Waals surface area contributed by atoms with E-state index in [2.05, 4.69) is 99.1 Å². The zero-order valence-corrected chi connectivity index (χ0v) is 94.5. The van der Waals surface area contributed by atoms with Crippen molar-refractivity contribution < 1.29 is 53.8 Å². The van der Waals surface area contributed by atoms with Crippen LogP contribution in [0.15, 0.2) is 0 Å². The summed E-state index contributed by atoms with van der Waals surface area (Å²) in [5.74, 6) is -0.564. The third-order valence-corrected chi connectivity index (χ3v) is 28.0. The van der Waals surface area contributed by atoms with Crippen LogP contribution in [-0.2, 0) is 33.4 Å². The molecule has 0 aromatic carbocycles. The minimum absolute atomic E-state index is 0.0256. The molecule has 0 heterocycles. The van der Waals surface area contributed by atoms with Gasteiger partial charge in [-0.05, 0) is 161 Å². The van der Waals surface area contributed by atoms with E-state index in [0.717, 1.165) is 146 Å². The van der Waals surface area contributed by atoms with Gasteiger partial charge in [0.1, 0.15) is 18.3 Å². The van der Waals surface area contributed by atoms with E-state index in [4.69, 9.17) is 24.4 Å². The van der Waals surface area contributed by atoms with Gasteiger partial charge in [-0.15, -0.1) is 0 Å². The Balaban J connectivity index is -0.000000547. The summed E-state index contributed by atoms with van der Waals surface area (Å²) in [6, 6.07) is 0. The third-order valence-electron chi connectivity index (χ3n) is 26.9. The summed E-state index contributed by atoms with van der Waals surface area (Å²) < 4.78 is 17.8. The van der Waals surface area contributed by atoms with Gasteiger partial charge in [-0.2, -0.15) is 0 Å². The van der Waals surface area contributed by atoms with Gasteiger partial charge in [-0.3, -0.25) is 19.2 Å². The molecule has 133 heavy (non-hydrogen) atoms. The number of hydrogen-bond acceptors (Lipinski definition) is 11. The average molecular weight is 2020 g/mol. The van der Waals surface area contributed by atoms with Crippen molar-refractivity contribution in [1.29, 1.82) is 0 Å². The topological polar surface area (TPSA) is 180 Å². The first kappa shape index (κ1) is 140. The van der Waals surface area contributed by atoms with Crippen LogP contribution in [0.1, 0.15) is 672 Å². The monoisotopic (exact) mass is 2020 g/mol. The van der Waals surface area contributed by atoms with Crippen LogP contribution < -0.4 is 0 Å². The number of unbranched alkanes of at least 4 members (excludes halogenated alkanes) is 70. The Morgan fingerprint density at radius 1 is 0.211 bits per heavy atom. The summed E-state index contributed by atoms with van der Waals surface area (Å²) in [5.41, 5.74) is 0. The normalized spacial score (nSPS) is 11.3. The molecule has 0 amide bonds. The van der Waals surface area contributed by atoms with Gasteiger partial charge in [0.2, 0.25) is 0 Å². The van der Waals surface area contributed by atoms with Gasteiger partial charge in [-0.1, -0.05) is 531 Å². The van der Waals surface area contributed by atoms with E-state index in [1.807, 2.05) is 0 Å². The molecular weight excluding hydrogens is 1780 g/mol. The molecule has 0 aromatic rings. The summed E-state index contributed by atoms with van der Waals surface area (Å²) in [4.78, 5) is 49.8. The van der Waals surface area contributed by atoms with Crippen molar-refractivity contribution in [1.82, 2.24) is 4.90 Å². The number of aliphatic carboxylic acids is 1. The van der Waals surface area contributed by atoms with Crippen LogP contribution in [0, 0.1) is 0 Å². The second kappa shape index (κ2) is 129. The van der Waals surface area contributed by atoms with Crippen LogP contribution in [0.25, 0.3) is 0 Å². The van der Waals surface area contributed by atoms with Crippen molar-refractivity contribution >= 4 is 55.7 Å². The molecule has 0 saturated carbocycles. The summed E-state index contributed by atoms with van der Waals surface area (Å²) in [6.07, 6.45) is 116. The molecule has 0 spiro atoms. The Morgan fingerprint density at radius 2 is 0.383 bits per heavy atom. The van der Waals surface area contributed by atoms with Crippen LogP contribution in [0.4, 0.5) is 0 Å². The van der Waals surface area contributed by atoms with Gasteiger partial charge in [-0.25, -0.2) is 0 Å². The van der Waals surface area contributed by atoms with Gasteiger partial charge >= 0.3 is 23.9 Å². The highest BCUT2D eigenvalue weighted by Crippen LogP contribution is 2.25. The number of carboxylic acid groups (broad SMARTS) is 1. The number of alkyl halides is 2. The Labute approximate surface area is 848 Å². The number of hydrogen-bond donors (Lipinski definition) is 4. The van der Waals surface area contributed by atoms with E-state index in [9.17, 15) is 29.4 Å². The predicted molar refractivity (Wildman–Crippen MR) is 591 cm³/mol. The smallest absolute Gasteiger partial charge is 0.306 e. The van der Waals surface area contributed by atoms with Crippen molar-refractivity contribution in [3.63, 3.8) is 0 Å². The molecule has 0 rings (SSSR count). The van der Waals surface area contributed by atoms with Crippen molar-refractivity contribution in [2.24, 2.45) is 0 Å². The first-order valence-electron chi connectivity index (χ1n) is 59.8. The number of ether oxygens (including phenoxy) is 3. The number of carbonyl (C=O) groups is 4. The zero-order valence-electron chi connectivity index (χ0n) is 91.3. The molecule has 0 atom stereocenters. The fraction of sp³-hybridized carbons (Fsp3) is 0.966. The number of aliphatic hydroxyl groups excluding tert-OH is 3. The Kier molecular flexibility index (Phi) is 136. The number of carbonyl (C=O) groups excluding carboxylic acids is 3. The van der Waals surface area contributed by atoms with Gasteiger partial charge in [0, 0.05) is 49.5 Å². The van der Waals surface area contributed by atoms with Crippen LogP contribution in [0.2, 0.25) is 0 Å². The van der Waals surface area contributed by atoms with E-state index >= 15 is 0 Å². The summed E-state index contributed by atoms with van der Waals surface area (Å²) in [7, 11) is 0. The number of halogens is 2. The lowest BCUT2D eigenvalue weighted by Crippen LogP contribution is -2.29. The van der Waals surface area contributed by atoms with Crippen LogP contribution in [0.3, 0.4) is 0 Å². The Bertz CT molecular complexity index is 2060. The molecule has 0 radical (unpaired) electrons. The average Bonchev–Trinajstić information content (AvgIpc) is 0.967. The lowest BCUT2D eigenvalue weighted by atomic mass is 10.0. The van der Waals surface area contributed by atoms with Crippen LogP contribution >= 0.6 is 31.9 Å². The fourth-order valence-electron chi connectivity index (χ4n) is 17.9. The highest BCUT2D eigenvalue weighted by atomic mass is 79.9. The van der Waals surface area contributed by atoms with E-state index in [1.165, 1.54) is 469 Å². The lowest BCUT2D eigenvalue weighted by Gasteiger charge is -2.21. The lowest BCUT2D eigenvalue weighted by molar-refractivity contribution is -0.151. The van der Waals surface area contributed by atoms with Gasteiger partial charge < -0.3 is 39.5 Å². The molecule has 0 unspecified atom stereocenters. The van der Waals surface area contributed by atoms with E-state index in [1.54, 1.807) is 0 Å². The first-order chi connectivity index (χ1) is 65.2.